The molecule has 1 aromatic rings. The maximum Gasteiger partial charge on any atom is 0.164 e. The minimum Gasteiger partial charge on any atom is -0.496 e. The molecule has 0 saturated carbocycles. The predicted molar refractivity (Wildman–Crippen MR) is 80.5 cm³/mol. The van der Waals surface area contributed by atoms with Gasteiger partial charge in [-0.3, -0.25) is 0 Å². The Hall–Kier alpha value is -1.86. The van der Waals surface area contributed by atoms with Gasteiger partial charge in [-0.15, -0.1) is 12.3 Å². The Kier molecular flexibility index (Phi) is 7.38. The molecule has 20 heavy (non-hydrogen) atoms. The third-order valence-corrected chi connectivity index (χ3v) is 3.03. The Bertz CT molecular complexity index is 452. The zero-order valence-corrected chi connectivity index (χ0v) is 12.5. The van der Waals surface area contributed by atoms with Gasteiger partial charge in [-0.1, -0.05) is 0 Å². The Morgan fingerprint density at radius 3 is 2.25 bits per heavy atom. The number of hydrogen-bond acceptors (Lipinski definition) is 4. The molecular formula is C16H23NO3. The van der Waals surface area contributed by atoms with E-state index in [1.807, 2.05) is 12.1 Å². The largest absolute Gasteiger partial charge is 0.496 e. The predicted octanol–water partition coefficient (Wildman–Crippen LogP) is 2.61. The van der Waals surface area contributed by atoms with Gasteiger partial charge in [-0.05, 0) is 25.5 Å². The maximum absolute atomic E-state index is 5.38. The van der Waals surface area contributed by atoms with E-state index >= 15 is 0 Å². The zero-order valence-electron chi connectivity index (χ0n) is 12.5. The number of hydrogen-bond donors (Lipinski definition) is 1. The van der Waals surface area contributed by atoms with Crippen molar-refractivity contribution in [3.63, 3.8) is 0 Å². The summed E-state index contributed by atoms with van der Waals surface area (Å²) in [6, 6.07) is 3.78. The molecule has 1 N–H and O–H groups in total. The van der Waals surface area contributed by atoms with Crippen molar-refractivity contribution in [3.8, 4) is 29.6 Å². The van der Waals surface area contributed by atoms with Crippen molar-refractivity contribution < 1.29 is 14.2 Å². The lowest BCUT2D eigenvalue weighted by atomic mass is 10.1. The van der Waals surface area contributed by atoms with Crippen LogP contribution in [0.3, 0.4) is 0 Å². The van der Waals surface area contributed by atoms with E-state index in [2.05, 4.69) is 11.2 Å². The topological polar surface area (TPSA) is 39.7 Å². The molecule has 0 aliphatic heterocycles. The molecule has 0 aliphatic rings. The van der Waals surface area contributed by atoms with Crippen molar-refractivity contribution in [1.82, 2.24) is 5.32 Å². The number of ether oxygens (including phenoxy) is 3. The molecule has 0 fully saturated rings. The summed E-state index contributed by atoms with van der Waals surface area (Å²) in [5.41, 5.74) is 1.04. The van der Waals surface area contributed by atoms with E-state index in [1.54, 1.807) is 21.3 Å². The lowest BCUT2D eigenvalue weighted by Gasteiger charge is -2.14. The molecule has 0 aromatic heterocycles. The van der Waals surface area contributed by atoms with Crippen LogP contribution in [0.4, 0.5) is 0 Å². The van der Waals surface area contributed by atoms with Gasteiger partial charge in [0.25, 0.3) is 0 Å². The Morgan fingerprint density at radius 2 is 1.65 bits per heavy atom. The van der Waals surface area contributed by atoms with Crippen LogP contribution in [-0.2, 0) is 6.54 Å². The van der Waals surface area contributed by atoms with Gasteiger partial charge in [0.15, 0.2) is 11.5 Å². The molecule has 0 aliphatic carbocycles. The van der Waals surface area contributed by atoms with E-state index < -0.39 is 0 Å². The molecule has 4 heteroatoms. The summed E-state index contributed by atoms with van der Waals surface area (Å²) in [5.74, 6) is 4.81. The molecule has 0 bridgehead atoms. The second kappa shape index (κ2) is 9.11. The summed E-state index contributed by atoms with van der Waals surface area (Å²) in [7, 11) is 4.89. The van der Waals surface area contributed by atoms with Crippen molar-refractivity contribution in [2.45, 2.75) is 25.8 Å². The van der Waals surface area contributed by atoms with Crippen LogP contribution in [0.15, 0.2) is 12.1 Å². The monoisotopic (exact) mass is 277 g/mol. The van der Waals surface area contributed by atoms with E-state index in [9.17, 15) is 0 Å². The second-order valence-corrected chi connectivity index (χ2v) is 4.36. The first kappa shape index (κ1) is 16.2. The van der Waals surface area contributed by atoms with Crippen LogP contribution in [0.2, 0.25) is 0 Å². The van der Waals surface area contributed by atoms with Crippen molar-refractivity contribution >= 4 is 0 Å². The second-order valence-electron chi connectivity index (χ2n) is 4.36. The summed E-state index contributed by atoms with van der Waals surface area (Å²) in [6.45, 7) is 1.65. The first-order valence-corrected chi connectivity index (χ1v) is 6.69. The van der Waals surface area contributed by atoms with Gasteiger partial charge in [-0.2, -0.15) is 0 Å². The van der Waals surface area contributed by atoms with Crippen LogP contribution < -0.4 is 19.5 Å². The van der Waals surface area contributed by atoms with Crippen LogP contribution >= 0.6 is 0 Å². The van der Waals surface area contributed by atoms with Crippen LogP contribution in [0, 0.1) is 12.3 Å². The molecule has 0 atom stereocenters. The SMILES string of the molecule is C#CCCCCNCc1cc(OC)c(OC)cc1OC. The van der Waals surface area contributed by atoms with E-state index in [1.165, 1.54) is 0 Å². The minimum absolute atomic E-state index is 0.669. The van der Waals surface area contributed by atoms with Gasteiger partial charge in [-0.25, -0.2) is 0 Å². The highest BCUT2D eigenvalue weighted by molar-refractivity contribution is 5.50. The maximum atomic E-state index is 5.38. The van der Waals surface area contributed by atoms with Gasteiger partial charge < -0.3 is 19.5 Å². The number of rotatable bonds is 9. The zero-order chi connectivity index (χ0) is 14.8. The van der Waals surface area contributed by atoms with Crippen molar-refractivity contribution in [2.75, 3.05) is 27.9 Å². The smallest absolute Gasteiger partial charge is 0.164 e. The molecule has 110 valence electrons. The number of unbranched alkanes of at least 4 members (excludes halogenated alkanes) is 2. The lowest BCUT2D eigenvalue weighted by molar-refractivity contribution is 0.347. The molecule has 1 aromatic carbocycles. The van der Waals surface area contributed by atoms with Gasteiger partial charge in [0.1, 0.15) is 5.75 Å². The van der Waals surface area contributed by atoms with E-state index in [0.717, 1.165) is 43.7 Å². The molecule has 0 heterocycles. The lowest BCUT2D eigenvalue weighted by Crippen LogP contribution is -2.15. The Labute approximate surface area is 121 Å². The summed E-state index contributed by atoms with van der Waals surface area (Å²) in [4.78, 5) is 0. The fraction of sp³-hybridized carbons (Fsp3) is 0.500. The Morgan fingerprint density at radius 1 is 1.00 bits per heavy atom. The third kappa shape index (κ3) is 4.67. The van der Waals surface area contributed by atoms with E-state index in [-0.39, 0.29) is 0 Å². The highest BCUT2D eigenvalue weighted by Crippen LogP contribution is 2.34. The molecule has 4 nitrogen and oxygen atoms in total. The van der Waals surface area contributed by atoms with Crippen LogP contribution in [0.1, 0.15) is 24.8 Å². The molecule has 0 spiro atoms. The van der Waals surface area contributed by atoms with Crippen molar-refractivity contribution in [1.29, 1.82) is 0 Å². The Balaban J connectivity index is 2.62. The van der Waals surface area contributed by atoms with Gasteiger partial charge in [0.2, 0.25) is 0 Å². The number of benzene rings is 1. The van der Waals surface area contributed by atoms with Gasteiger partial charge in [0.05, 0.1) is 21.3 Å². The summed E-state index contributed by atoms with van der Waals surface area (Å²) < 4.78 is 15.9. The molecular weight excluding hydrogens is 254 g/mol. The van der Waals surface area contributed by atoms with Gasteiger partial charge in [0, 0.05) is 24.6 Å². The summed E-state index contributed by atoms with van der Waals surface area (Å²) >= 11 is 0. The molecule has 0 saturated heterocycles. The summed E-state index contributed by atoms with van der Waals surface area (Å²) in [5, 5.41) is 3.38. The fourth-order valence-electron chi connectivity index (χ4n) is 1.93. The molecule has 1 rings (SSSR count). The first-order chi connectivity index (χ1) is 9.76. The highest BCUT2D eigenvalue weighted by atomic mass is 16.5. The standard InChI is InChI=1S/C16H23NO3/c1-5-6-7-8-9-17-12-13-10-15(19-3)16(20-4)11-14(13)18-2/h1,10-11,17H,6-9,12H2,2-4H3. The fourth-order valence-corrected chi connectivity index (χ4v) is 1.93. The molecule has 0 radical (unpaired) electrons. The average molecular weight is 277 g/mol. The van der Waals surface area contributed by atoms with E-state index in [0.29, 0.717) is 11.5 Å². The number of terminal acetylenes is 1. The van der Waals surface area contributed by atoms with E-state index in [4.69, 9.17) is 20.6 Å². The minimum atomic E-state index is 0.669. The van der Waals surface area contributed by atoms with Crippen molar-refractivity contribution in [3.05, 3.63) is 17.7 Å². The quantitative estimate of drug-likeness (QED) is 0.556. The van der Waals surface area contributed by atoms with Crippen LogP contribution in [-0.4, -0.2) is 27.9 Å². The highest BCUT2D eigenvalue weighted by Gasteiger charge is 2.11. The molecule has 0 amide bonds. The number of nitrogens with one attached hydrogen (secondary N) is 1. The number of methoxy groups -OCH3 is 3. The van der Waals surface area contributed by atoms with Crippen LogP contribution in [0.25, 0.3) is 0 Å². The van der Waals surface area contributed by atoms with Crippen molar-refractivity contribution in [2.24, 2.45) is 0 Å². The summed E-state index contributed by atoms with van der Waals surface area (Å²) in [6.07, 6.45) is 8.17. The van der Waals surface area contributed by atoms with Gasteiger partial charge >= 0.3 is 0 Å². The first-order valence-electron chi connectivity index (χ1n) is 6.69. The van der Waals surface area contributed by atoms with Crippen LogP contribution in [0.5, 0.6) is 17.2 Å². The third-order valence-electron chi connectivity index (χ3n) is 3.03. The normalized spacial score (nSPS) is 9.90. The average Bonchev–Trinajstić information content (AvgIpc) is 2.49. The molecule has 0 unspecified atom stereocenters.